The highest BCUT2D eigenvalue weighted by molar-refractivity contribution is 5.90. The number of hydrogen-bond donors (Lipinski definition) is 1. The Morgan fingerprint density at radius 2 is 2.53 bits per heavy atom. The molecule has 0 spiro atoms. The van der Waals surface area contributed by atoms with Crippen molar-refractivity contribution < 1.29 is 9.53 Å². The van der Waals surface area contributed by atoms with Gasteiger partial charge in [-0.3, -0.25) is 9.48 Å². The van der Waals surface area contributed by atoms with Gasteiger partial charge < -0.3 is 10.1 Å². The minimum atomic E-state index is -0.00614. The van der Waals surface area contributed by atoms with Crippen molar-refractivity contribution in [2.75, 3.05) is 11.9 Å². The van der Waals surface area contributed by atoms with Gasteiger partial charge in [0, 0.05) is 19.2 Å². The van der Waals surface area contributed by atoms with E-state index in [9.17, 15) is 4.79 Å². The zero-order valence-corrected chi connectivity index (χ0v) is 11.2. The number of hydrogen-bond acceptors (Lipinski definition) is 3. The van der Waals surface area contributed by atoms with Crippen molar-refractivity contribution in [2.45, 2.75) is 44.8 Å². The van der Waals surface area contributed by atoms with Crippen molar-refractivity contribution in [2.24, 2.45) is 0 Å². The third-order valence-electron chi connectivity index (χ3n) is 3.16. The molecule has 0 aromatic carbocycles. The van der Waals surface area contributed by atoms with E-state index in [4.69, 9.17) is 4.74 Å². The first kappa shape index (κ1) is 13.8. The Morgan fingerprint density at radius 1 is 1.63 bits per heavy atom. The Morgan fingerprint density at radius 3 is 3.26 bits per heavy atom. The molecule has 1 fully saturated rings. The number of rotatable bonds is 6. The first-order valence-corrected chi connectivity index (χ1v) is 6.83. The molecular weight excluding hydrogens is 242 g/mol. The molecule has 2 rings (SSSR count). The van der Waals surface area contributed by atoms with Crippen LogP contribution in [-0.4, -0.2) is 28.4 Å². The average molecular weight is 263 g/mol. The van der Waals surface area contributed by atoms with Crippen LogP contribution in [0.2, 0.25) is 0 Å². The van der Waals surface area contributed by atoms with Gasteiger partial charge in [-0.25, -0.2) is 0 Å². The lowest BCUT2D eigenvalue weighted by Crippen LogP contribution is -2.24. The summed E-state index contributed by atoms with van der Waals surface area (Å²) in [6, 6.07) is 0. The monoisotopic (exact) mass is 263 g/mol. The van der Waals surface area contributed by atoms with Crippen molar-refractivity contribution in [3.05, 3.63) is 25.0 Å². The van der Waals surface area contributed by atoms with Crippen LogP contribution in [0.15, 0.2) is 25.0 Å². The molecule has 19 heavy (non-hydrogen) atoms. The molecule has 2 heterocycles. The molecule has 0 radical (unpaired) electrons. The third-order valence-corrected chi connectivity index (χ3v) is 3.16. The van der Waals surface area contributed by atoms with E-state index in [1.807, 2.05) is 10.9 Å². The Balaban J connectivity index is 1.80. The molecule has 0 saturated carbocycles. The summed E-state index contributed by atoms with van der Waals surface area (Å²) in [7, 11) is 0. The van der Waals surface area contributed by atoms with Crippen LogP contribution in [0.3, 0.4) is 0 Å². The third kappa shape index (κ3) is 4.52. The van der Waals surface area contributed by atoms with Gasteiger partial charge in [0.15, 0.2) is 0 Å². The maximum Gasteiger partial charge on any atom is 0.224 e. The van der Waals surface area contributed by atoms with Crippen LogP contribution in [0.25, 0.3) is 0 Å². The summed E-state index contributed by atoms with van der Waals surface area (Å²) in [6.45, 7) is 5.20. The maximum absolute atomic E-state index is 11.5. The molecule has 0 unspecified atom stereocenters. The van der Waals surface area contributed by atoms with E-state index in [1.54, 1.807) is 12.3 Å². The lowest BCUT2D eigenvalue weighted by molar-refractivity contribution is -0.116. The number of ether oxygens (including phenoxy) is 1. The first-order chi connectivity index (χ1) is 9.28. The lowest BCUT2D eigenvalue weighted by Gasteiger charge is -2.22. The Labute approximate surface area is 113 Å². The van der Waals surface area contributed by atoms with Crippen molar-refractivity contribution in [3.8, 4) is 0 Å². The number of carbonyl (C=O) groups excluding carboxylic acids is 1. The number of nitrogens with one attached hydrogen (secondary N) is 1. The molecule has 1 aliphatic rings. The van der Waals surface area contributed by atoms with Gasteiger partial charge in [0.25, 0.3) is 0 Å². The van der Waals surface area contributed by atoms with Crippen molar-refractivity contribution in [1.82, 2.24) is 9.78 Å². The molecule has 0 bridgehead atoms. The van der Waals surface area contributed by atoms with Gasteiger partial charge in [0.2, 0.25) is 5.91 Å². The van der Waals surface area contributed by atoms with Gasteiger partial charge in [-0.2, -0.15) is 5.10 Å². The average Bonchev–Trinajstić information content (AvgIpc) is 2.85. The number of nitrogens with zero attached hydrogens (tertiary/aromatic N) is 2. The minimum Gasteiger partial charge on any atom is -0.376 e. The largest absolute Gasteiger partial charge is 0.376 e. The highest BCUT2D eigenvalue weighted by atomic mass is 16.5. The molecule has 104 valence electrons. The second-order valence-electron chi connectivity index (χ2n) is 4.82. The fourth-order valence-electron chi connectivity index (χ4n) is 2.14. The Hall–Kier alpha value is -1.62. The lowest BCUT2D eigenvalue weighted by atomic mass is 10.1. The van der Waals surface area contributed by atoms with Gasteiger partial charge in [-0.1, -0.05) is 6.08 Å². The van der Waals surface area contributed by atoms with Crippen LogP contribution < -0.4 is 5.32 Å². The molecular formula is C14H21N3O2. The summed E-state index contributed by atoms with van der Waals surface area (Å²) in [5.74, 6) is -0.00614. The van der Waals surface area contributed by atoms with Crippen LogP contribution in [0.5, 0.6) is 0 Å². The van der Waals surface area contributed by atoms with E-state index in [-0.39, 0.29) is 12.0 Å². The first-order valence-electron chi connectivity index (χ1n) is 6.83. The van der Waals surface area contributed by atoms with E-state index in [2.05, 4.69) is 17.0 Å². The normalized spacial score (nSPS) is 19.1. The van der Waals surface area contributed by atoms with E-state index >= 15 is 0 Å². The van der Waals surface area contributed by atoms with Gasteiger partial charge >= 0.3 is 0 Å². The maximum atomic E-state index is 11.5. The highest BCUT2D eigenvalue weighted by Gasteiger charge is 2.15. The van der Waals surface area contributed by atoms with Gasteiger partial charge in [0.05, 0.1) is 24.5 Å². The smallest absolute Gasteiger partial charge is 0.224 e. The van der Waals surface area contributed by atoms with Crippen LogP contribution in [0.4, 0.5) is 5.69 Å². The van der Waals surface area contributed by atoms with Crippen molar-refractivity contribution in [3.63, 3.8) is 0 Å². The Bertz CT molecular complexity index is 422. The molecule has 5 heteroatoms. The topological polar surface area (TPSA) is 56.2 Å². The number of aromatic nitrogens is 2. The predicted molar refractivity (Wildman–Crippen MR) is 73.9 cm³/mol. The SMILES string of the molecule is C=CCCC(=O)Nc1cnn(C[C@H]2CCCCO2)c1. The summed E-state index contributed by atoms with van der Waals surface area (Å²) in [5, 5.41) is 7.07. The van der Waals surface area contributed by atoms with Crippen molar-refractivity contribution in [1.29, 1.82) is 0 Å². The summed E-state index contributed by atoms with van der Waals surface area (Å²) in [4.78, 5) is 11.5. The van der Waals surface area contributed by atoms with Gasteiger partial charge in [0.1, 0.15) is 0 Å². The number of allylic oxidation sites excluding steroid dienone is 1. The van der Waals surface area contributed by atoms with Crippen molar-refractivity contribution >= 4 is 11.6 Å². The quantitative estimate of drug-likeness (QED) is 0.802. The summed E-state index contributed by atoms with van der Waals surface area (Å²) in [6.07, 6.45) is 10.1. The fraction of sp³-hybridized carbons (Fsp3) is 0.571. The zero-order chi connectivity index (χ0) is 13.5. The van der Waals surface area contributed by atoms with Crippen LogP contribution in [0, 0.1) is 0 Å². The standard InChI is InChI=1S/C14H21N3O2/c1-2-3-7-14(18)16-12-9-15-17(10-12)11-13-6-4-5-8-19-13/h2,9-10,13H,1,3-8,11H2,(H,16,18)/t13-/m1/s1. The molecule has 1 amide bonds. The second kappa shape index (κ2) is 7.09. The van der Waals surface area contributed by atoms with Crippen LogP contribution >= 0.6 is 0 Å². The number of anilines is 1. The van der Waals surface area contributed by atoms with Crippen LogP contribution in [-0.2, 0) is 16.1 Å². The number of carbonyl (C=O) groups is 1. The van der Waals surface area contributed by atoms with E-state index in [1.165, 1.54) is 6.42 Å². The molecule has 1 atom stereocenters. The van der Waals surface area contributed by atoms with E-state index in [0.717, 1.165) is 31.7 Å². The molecule has 0 aliphatic carbocycles. The summed E-state index contributed by atoms with van der Waals surface area (Å²) >= 11 is 0. The fourth-order valence-corrected chi connectivity index (χ4v) is 2.14. The summed E-state index contributed by atoms with van der Waals surface area (Å²) < 4.78 is 7.50. The molecule has 1 saturated heterocycles. The second-order valence-corrected chi connectivity index (χ2v) is 4.82. The predicted octanol–water partition coefficient (Wildman–Crippen LogP) is 2.36. The highest BCUT2D eigenvalue weighted by Crippen LogP contribution is 2.15. The molecule has 1 N–H and O–H groups in total. The Kier molecular flexibility index (Phi) is 5.15. The minimum absolute atomic E-state index is 0.00614. The van der Waals surface area contributed by atoms with Gasteiger partial charge in [-0.15, -0.1) is 6.58 Å². The number of amides is 1. The zero-order valence-electron chi connectivity index (χ0n) is 11.2. The van der Waals surface area contributed by atoms with E-state index < -0.39 is 0 Å². The molecule has 1 aliphatic heterocycles. The molecule has 5 nitrogen and oxygen atoms in total. The summed E-state index contributed by atoms with van der Waals surface area (Å²) in [5.41, 5.74) is 0.741. The van der Waals surface area contributed by atoms with Crippen LogP contribution in [0.1, 0.15) is 32.1 Å². The van der Waals surface area contributed by atoms with E-state index in [0.29, 0.717) is 12.8 Å². The molecule has 1 aromatic heterocycles. The van der Waals surface area contributed by atoms with Gasteiger partial charge in [-0.05, 0) is 25.7 Å². The molecule has 1 aromatic rings.